The number of allylic oxidation sites excluding steroid dienone is 2. The molecule has 10 heavy (non-hydrogen) atoms. The molecule has 0 bridgehead atoms. The van der Waals surface area contributed by atoms with Crippen LogP contribution in [0.3, 0.4) is 0 Å². The Morgan fingerprint density at radius 2 is 2.20 bits per heavy atom. The van der Waals surface area contributed by atoms with Gasteiger partial charge in [0.25, 0.3) is 0 Å². The fraction of sp³-hybridized carbons (Fsp3) is 0.750. The standard InChI is InChI=1S/C8H13ClS/c1-8(2,3)6-4-5-7(9)10-6/h4,7H,5H2,1-3H3. The van der Waals surface area contributed by atoms with Gasteiger partial charge in [-0.05, 0) is 16.7 Å². The zero-order valence-electron chi connectivity index (χ0n) is 6.65. The van der Waals surface area contributed by atoms with Crippen LogP contribution in [-0.2, 0) is 0 Å². The van der Waals surface area contributed by atoms with E-state index in [1.54, 1.807) is 11.8 Å². The van der Waals surface area contributed by atoms with Crippen molar-refractivity contribution in [3.05, 3.63) is 11.0 Å². The van der Waals surface area contributed by atoms with Gasteiger partial charge in [-0.1, -0.05) is 26.8 Å². The maximum absolute atomic E-state index is 5.92. The highest BCUT2D eigenvalue weighted by Gasteiger charge is 2.24. The molecule has 1 aliphatic rings. The summed E-state index contributed by atoms with van der Waals surface area (Å²) < 4.78 is 0.286. The topological polar surface area (TPSA) is 0 Å². The van der Waals surface area contributed by atoms with Crippen molar-refractivity contribution in [3.63, 3.8) is 0 Å². The minimum Gasteiger partial charge on any atom is -0.110 e. The van der Waals surface area contributed by atoms with Crippen LogP contribution >= 0.6 is 23.4 Å². The molecule has 1 atom stereocenters. The molecular weight excluding hydrogens is 164 g/mol. The van der Waals surface area contributed by atoms with Crippen molar-refractivity contribution in [1.82, 2.24) is 0 Å². The van der Waals surface area contributed by atoms with E-state index in [-0.39, 0.29) is 4.71 Å². The SMILES string of the molecule is CC(C)(C)C1=CCC(Cl)S1. The van der Waals surface area contributed by atoms with E-state index in [4.69, 9.17) is 11.6 Å². The Kier molecular flexibility index (Phi) is 2.36. The molecule has 0 N–H and O–H groups in total. The first-order valence-corrected chi connectivity index (χ1v) is 4.83. The lowest BCUT2D eigenvalue weighted by Crippen LogP contribution is -2.04. The first-order valence-electron chi connectivity index (χ1n) is 3.51. The molecule has 0 amide bonds. The molecule has 0 aliphatic carbocycles. The number of rotatable bonds is 0. The van der Waals surface area contributed by atoms with Gasteiger partial charge in [-0.3, -0.25) is 0 Å². The van der Waals surface area contributed by atoms with Crippen LogP contribution in [0.5, 0.6) is 0 Å². The molecular formula is C8H13ClS. The summed E-state index contributed by atoms with van der Waals surface area (Å²) in [4.78, 5) is 1.44. The van der Waals surface area contributed by atoms with E-state index in [0.717, 1.165) is 6.42 Å². The highest BCUT2D eigenvalue weighted by Crippen LogP contribution is 2.44. The zero-order chi connectivity index (χ0) is 7.78. The summed E-state index contributed by atoms with van der Waals surface area (Å²) >= 11 is 7.72. The third-order valence-electron chi connectivity index (χ3n) is 1.48. The first kappa shape index (κ1) is 8.48. The Balaban J connectivity index is 2.60. The average molecular weight is 177 g/mol. The zero-order valence-corrected chi connectivity index (χ0v) is 8.22. The third-order valence-corrected chi connectivity index (χ3v) is 3.41. The van der Waals surface area contributed by atoms with Crippen LogP contribution in [0.1, 0.15) is 27.2 Å². The van der Waals surface area contributed by atoms with Gasteiger partial charge in [0.05, 0.1) is 4.71 Å². The monoisotopic (exact) mass is 176 g/mol. The summed E-state index contributed by atoms with van der Waals surface area (Å²) in [6.07, 6.45) is 3.28. The normalized spacial score (nSPS) is 26.8. The predicted molar refractivity (Wildman–Crippen MR) is 49.4 cm³/mol. The molecule has 1 rings (SSSR count). The van der Waals surface area contributed by atoms with Crippen molar-refractivity contribution in [2.45, 2.75) is 31.9 Å². The van der Waals surface area contributed by atoms with Crippen LogP contribution < -0.4 is 0 Å². The van der Waals surface area contributed by atoms with E-state index in [9.17, 15) is 0 Å². The predicted octanol–water partition coefficient (Wildman–Crippen LogP) is 3.62. The van der Waals surface area contributed by atoms with Gasteiger partial charge in [0.15, 0.2) is 0 Å². The Morgan fingerprint density at radius 1 is 1.60 bits per heavy atom. The molecule has 0 aromatic carbocycles. The largest absolute Gasteiger partial charge is 0.110 e. The Bertz CT molecular complexity index is 155. The maximum atomic E-state index is 5.92. The Hall–Kier alpha value is 0.380. The highest BCUT2D eigenvalue weighted by atomic mass is 35.5. The summed E-state index contributed by atoms with van der Waals surface area (Å²) in [7, 11) is 0. The Labute approximate surface area is 72.0 Å². The molecule has 0 saturated heterocycles. The minimum atomic E-state index is 0.286. The number of alkyl halides is 1. The van der Waals surface area contributed by atoms with Crippen molar-refractivity contribution in [2.75, 3.05) is 0 Å². The quantitative estimate of drug-likeness (QED) is 0.508. The van der Waals surface area contributed by atoms with Gasteiger partial charge in [0, 0.05) is 0 Å². The van der Waals surface area contributed by atoms with Gasteiger partial charge in [-0.2, -0.15) is 0 Å². The molecule has 1 aliphatic heterocycles. The fourth-order valence-electron chi connectivity index (χ4n) is 0.917. The van der Waals surface area contributed by atoms with Gasteiger partial charge >= 0.3 is 0 Å². The molecule has 0 aromatic heterocycles. The van der Waals surface area contributed by atoms with Crippen molar-refractivity contribution < 1.29 is 0 Å². The second kappa shape index (κ2) is 2.78. The van der Waals surface area contributed by atoms with Crippen LogP contribution in [0.25, 0.3) is 0 Å². The lowest BCUT2D eigenvalue weighted by molar-refractivity contribution is 0.533. The van der Waals surface area contributed by atoms with Crippen LogP contribution in [0.4, 0.5) is 0 Å². The van der Waals surface area contributed by atoms with Crippen molar-refractivity contribution in [1.29, 1.82) is 0 Å². The number of thioether (sulfide) groups is 1. The van der Waals surface area contributed by atoms with E-state index in [1.807, 2.05) is 0 Å². The summed E-state index contributed by atoms with van der Waals surface area (Å²) in [6.45, 7) is 6.67. The second-order valence-corrected chi connectivity index (χ2v) is 5.61. The van der Waals surface area contributed by atoms with Crippen LogP contribution in [0.15, 0.2) is 11.0 Å². The van der Waals surface area contributed by atoms with E-state index >= 15 is 0 Å². The summed E-state index contributed by atoms with van der Waals surface area (Å²) in [5.41, 5.74) is 0.300. The molecule has 0 fully saturated rings. The van der Waals surface area contributed by atoms with Crippen molar-refractivity contribution in [2.24, 2.45) is 5.41 Å². The number of hydrogen-bond acceptors (Lipinski definition) is 1. The molecule has 0 aromatic rings. The number of hydrogen-bond donors (Lipinski definition) is 0. The first-order chi connectivity index (χ1) is 4.50. The summed E-state index contributed by atoms with van der Waals surface area (Å²) in [5.74, 6) is 0. The fourth-order valence-corrected chi connectivity index (χ4v) is 2.31. The highest BCUT2D eigenvalue weighted by molar-refractivity contribution is 8.05. The molecule has 0 radical (unpaired) electrons. The van der Waals surface area contributed by atoms with Crippen LogP contribution in [0, 0.1) is 5.41 Å². The van der Waals surface area contributed by atoms with Gasteiger partial charge in [0.1, 0.15) is 0 Å². The Morgan fingerprint density at radius 3 is 2.40 bits per heavy atom. The van der Waals surface area contributed by atoms with Gasteiger partial charge in [-0.25, -0.2) is 0 Å². The lowest BCUT2D eigenvalue weighted by Gasteiger charge is -2.19. The smallest absolute Gasteiger partial charge is 0.0867 e. The molecule has 0 spiro atoms. The molecule has 2 heteroatoms. The van der Waals surface area contributed by atoms with Gasteiger partial charge < -0.3 is 0 Å². The summed E-state index contributed by atoms with van der Waals surface area (Å²) in [5, 5.41) is 0. The van der Waals surface area contributed by atoms with E-state index in [1.165, 1.54) is 4.91 Å². The molecule has 58 valence electrons. The van der Waals surface area contributed by atoms with Gasteiger partial charge in [-0.15, -0.1) is 23.4 Å². The third kappa shape index (κ3) is 1.93. The maximum Gasteiger partial charge on any atom is 0.0867 e. The van der Waals surface area contributed by atoms with E-state index < -0.39 is 0 Å². The van der Waals surface area contributed by atoms with E-state index in [2.05, 4.69) is 26.8 Å². The molecule has 1 unspecified atom stereocenters. The lowest BCUT2D eigenvalue weighted by atomic mass is 9.96. The van der Waals surface area contributed by atoms with E-state index in [0.29, 0.717) is 5.41 Å². The minimum absolute atomic E-state index is 0.286. The molecule has 1 heterocycles. The average Bonchev–Trinajstić information content (AvgIpc) is 2.11. The second-order valence-electron chi connectivity index (χ2n) is 3.58. The molecule has 0 saturated carbocycles. The number of halogens is 1. The van der Waals surface area contributed by atoms with Crippen LogP contribution in [0.2, 0.25) is 0 Å². The molecule has 0 nitrogen and oxygen atoms in total. The van der Waals surface area contributed by atoms with Gasteiger partial charge in [0.2, 0.25) is 0 Å². The van der Waals surface area contributed by atoms with Crippen LogP contribution in [-0.4, -0.2) is 4.71 Å². The summed E-state index contributed by atoms with van der Waals surface area (Å²) in [6, 6.07) is 0. The van der Waals surface area contributed by atoms with Crippen molar-refractivity contribution >= 4 is 23.4 Å². The van der Waals surface area contributed by atoms with Crippen molar-refractivity contribution in [3.8, 4) is 0 Å².